The van der Waals surface area contributed by atoms with Crippen LogP contribution in [0.5, 0.6) is 0 Å². The second kappa shape index (κ2) is 4.56. The molecule has 0 saturated heterocycles. The number of carbonyl (C=O) groups is 1. The van der Waals surface area contributed by atoms with Crippen molar-refractivity contribution in [3.8, 4) is 0 Å². The maximum atomic E-state index is 11.7. The van der Waals surface area contributed by atoms with Crippen LogP contribution in [0.15, 0.2) is 17.7 Å². The Morgan fingerprint density at radius 2 is 1.86 bits per heavy atom. The number of hydrogen-bond donors (Lipinski definition) is 0. The van der Waals surface area contributed by atoms with E-state index in [4.69, 9.17) is 0 Å². The molecule has 0 aliphatic heterocycles. The molecule has 0 radical (unpaired) electrons. The molecule has 1 nitrogen and oxygen atoms in total. The number of aldehydes is 1. The minimum absolute atomic E-state index is 0.129. The van der Waals surface area contributed by atoms with Crippen LogP contribution in [0.1, 0.15) is 86.8 Å². The minimum Gasteiger partial charge on any atom is -0.298 e. The van der Waals surface area contributed by atoms with Gasteiger partial charge in [-0.05, 0) is 40.9 Å². The Labute approximate surface area is 128 Å². The highest BCUT2D eigenvalue weighted by atomic mass is 16.1. The van der Waals surface area contributed by atoms with Gasteiger partial charge < -0.3 is 0 Å². The van der Waals surface area contributed by atoms with Gasteiger partial charge in [-0.25, -0.2) is 0 Å². The van der Waals surface area contributed by atoms with Crippen molar-refractivity contribution in [3.05, 3.63) is 40.0 Å². The highest BCUT2D eigenvalue weighted by molar-refractivity contribution is 5.89. The van der Waals surface area contributed by atoms with Gasteiger partial charge in [0, 0.05) is 11.0 Å². The quantitative estimate of drug-likeness (QED) is 0.656. The molecule has 1 aromatic rings. The van der Waals surface area contributed by atoms with Crippen molar-refractivity contribution < 1.29 is 4.79 Å². The number of allylic oxidation sites excluding steroid dienone is 1. The molecule has 0 N–H and O–H groups in total. The summed E-state index contributed by atoms with van der Waals surface area (Å²) in [4.78, 5) is 11.7. The number of rotatable bonds is 2. The molecule has 0 aromatic heterocycles. The first-order chi connectivity index (χ1) is 9.81. The number of hydrogen-bond acceptors (Lipinski definition) is 1. The standard InChI is InChI=1S/C20H26O/c1-13(2)14-7-8-17-15(16(14)12-21)11-18-19(3,4)9-6-10-20(17,18)5/h7-8,11-13H,6,9-10H2,1-5H3/t20-/m0/s1. The lowest BCUT2D eigenvalue weighted by Crippen LogP contribution is -2.35. The zero-order valence-electron chi connectivity index (χ0n) is 13.9. The summed E-state index contributed by atoms with van der Waals surface area (Å²) in [5, 5.41) is 0. The smallest absolute Gasteiger partial charge is 0.150 e. The Morgan fingerprint density at radius 3 is 2.48 bits per heavy atom. The first-order valence-electron chi connectivity index (χ1n) is 8.16. The van der Waals surface area contributed by atoms with Crippen molar-refractivity contribution in [3.63, 3.8) is 0 Å². The van der Waals surface area contributed by atoms with E-state index in [9.17, 15) is 4.79 Å². The van der Waals surface area contributed by atoms with E-state index < -0.39 is 0 Å². The second-order valence-electron chi connectivity index (χ2n) is 7.93. The van der Waals surface area contributed by atoms with E-state index in [0.29, 0.717) is 5.92 Å². The van der Waals surface area contributed by atoms with E-state index in [1.54, 1.807) is 0 Å². The maximum Gasteiger partial charge on any atom is 0.150 e. The van der Waals surface area contributed by atoms with Gasteiger partial charge in [-0.1, -0.05) is 64.8 Å². The predicted molar refractivity (Wildman–Crippen MR) is 88.9 cm³/mol. The highest BCUT2D eigenvalue weighted by Gasteiger charge is 2.47. The first kappa shape index (κ1) is 14.6. The van der Waals surface area contributed by atoms with E-state index in [-0.39, 0.29) is 10.8 Å². The van der Waals surface area contributed by atoms with Crippen molar-refractivity contribution in [1.82, 2.24) is 0 Å². The van der Waals surface area contributed by atoms with Crippen LogP contribution in [0.3, 0.4) is 0 Å². The van der Waals surface area contributed by atoms with E-state index in [1.807, 2.05) is 0 Å². The van der Waals surface area contributed by atoms with Crippen LogP contribution in [-0.2, 0) is 5.41 Å². The summed E-state index contributed by atoms with van der Waals surface area (Å²) < 4.78 is 0. The fourth-order valence-electron chi connectivity index (χ4n) is 4.60. The molecule has 2 aliphatic carbocycles. The lowest BCUT2D eigenvalue weighted by Gasteiger charge is -2.44. The molecule has 0 unspecified atom stereocenters. The topological polar surface area (TPSA) is 17.1 Å². The van der Waals surface area contributed by atoms with Crippen molar-refractivity contribution >= 4 is 12.4 Å². The van der Waals surface area contributed by atoms with Crippen LogP contribution >= 0.6 is 0 Å². The molecule has 0 heterocycles. The van der Waals surface area contributed by atoms with E-state index >= 15 is 0 Å². The molecular formula is C20H26O. The minimum atomic E-state index is 0.129. The normalized spacial score (nSPS) is 26.3. The molecule has 21 heavy (non-hydrogen) atoms. The van der Waals surface area contributed by atoms with Gasteiger partial charge in [0.25, 0.3) is 0 Å². The Bertz CT molecular complexity index is 633. The lowest BCUT2D eigenvalue weighted by molar-refractivity contribution is 0.112. The Hall–Kier alpha value is -1.37. The predicted octanol–water partition coefficient (Wildman–Crippen LogP) is 5.49. The summed E-state index contributed by atoms with van der Waals surface area (Å²) in [7, 11) is 0. The van der Waals surface area contributed by atoms with E-state index in [1.165, 1.54) is 41.5 Å². The molecule has 0 amide bonds. The van der Waals surface area contributed by atoms with Gasteiger partial charge >= 0.3 is 0 Å². The average Bonchev–Trinajstić information content (AvgIpc) is 2.72. The van der Waals surface area contributed by atoms with Gasteiger partial charge in [-0.15, -0.1) is 0 Å². The van der Waals surface area contributed by atoms with Crippen LogP contribution in [0.25, 0.3) is 6.08 Å². The monoisotopic (exact) mass is 282 g/mol. The van der Waals surface area contributed by atoms with Crippen molar-refractivity contribution in [2.24, 2.45) is 5.41 Å². The zero-order chi connectivity index (χ0) is 15.4. The van der Waals surface area contributed by atoms with E-state index in [0.717, 1.165) is 11.8 Å². The van der Waals surface area contributed by atoms with Crippen LogP contribution in [0.2, 0.25) is 0 Å². The van der Waals surface area contributed by atoms with Crippen LogP contribution < -0.4 is 0 Å². The fourth-order valence-corrected chi connectivity index (χ4v) is 4.60. The molecule has 1 atom stereocenters. The molecule has 1 aromatic carbocycles. The zero-order valence-corrected chi connectivity index (χ0v) is 13.9. The summed E-state index contributed by atoms with van der Waals surface area (Å²) in [5.74, 6) is 0.386. The number of carbonyl (C=O) groups excluding carboxylic acids is 1. The summed E-state index contributed by atoms with van der Waals surface area (Å²) >= 11 is 0. The molecule has 2 aliphatic rings. The largest absolute Gasteiger partial charge is 0.298 e. The third-order valence-corrected chi connectivity index (χ3v) is 5.75. The van der Waals surface area contributed by atoms with Gasteiger partial charge in [-0.2, -0.15) is 0 Å². The Morgan fingerprint density at radius 1 is 1.14 bits per heavy atom. The molecule has 0 bridgehead atoms. The average molecular weight is 282 g/mol. The summed E-state index contributed by atoms with van der Waals surface area (Å²) in [6, 6.07) is 4.46. The fraction of sp³-hybridized carbons (Fsp3) is 0.550. The van der Waals surface area contributed by atoms with Crippen molar-refractivity contribution in [2.45, 2.75) is 65.2 Å². The maximum absolute atomic E-state index is 11.7. The highest BCUT2D eigenvalue weighted by Crippen LogP contribution is 2.57. The van der Waals surface area contributed by atoms with E-state index in [2.05, 4.69) is 52.8 Å². The molecule has 1 saturated carbocycles. The lowest BCUT2D eigenvalue weighted by atomic mass is 9.60. The first-order valence-corrected chi connectivity index (χ1v) is 8.16. The molecule has 0 spiro atoms. The van der Waals surface area contributed by atoms with Gasteiger partial charge in [0.05, 0.1) is 0 Å². The number of benzene rings is 1. The summed E-state index contributed by atoms with van der Waals surface area (Å²) in [6.07, 6.45) is 7.12. The third kappa shape index (κ3) is 1.93. The van der Waals surface area contributed by atoms with Gasteiger partial charge in [0.15, 0.2) is 6.29 Å². The van der Waals surface area contributed by atoms with Crippen LogP contribution in [0, 0.1) is 5.41 Å². The Kier molecular flexibility index (Phi) is 3.16. The SMILES string of the molecule is CC(C)c1ccc2c(c1C=O)C=C1C(C)(C)CCC[C@]12C. The van der Waals surface area contributed by atoms with Crippen molar-refractivity contribution in [2.75, 3.05) is 0 Å². The Balaban J connectivity index is 2.27. The second-order valence-corrected chi connectivity index (χ2v) is 7.93. The van der Waals surface area contributed by atoms with Crippen molar-refractivity contribution in [1.29, 1.82) is 0 Å². The molecule has 1 fully saturated rings. The van der Waals surface area contributed by atoms with Gasteiger partial charge in [0.1, 0.15) is 0 Å². The van der Waals surface area contributed by atoms with Crippen LogP contribution in [0.4, 0.5) is 0 Å². The molecule has 112 valence electrons. The van der Waals surface area contributed by atoms with Crippen LogP contribution in [-0.4, -0.2) is 6.29 Å². The summed E-state index contributed by atoms with van der Waals surface area (Å²) in [6.45, 7) is 11.4. The van der Waals surface area contributed by atoms with Gasteiger partial charge in [-0.3, -0.25) is 4.79 Å². The van der Waals surface area contributed by atoms with Gasteiger partial charge in [0.2, 0.25) is 0 Å². The molecule has 1 heteroatoms. The summed E-state index contributed by atoms with van der Waals surface area (Å²) in [5.41, 5.74) is 6.57. The molecular weight excluding hydrogens is 256 g/mol. The third-order valence-electron chi connectivity index (χ3n) is 5.75. The number of fused-ring (bicyclic) bond motifs is 3. The molecule has 3 rings (SSSR count).